The van der Waals surface area contributed by atoms with Crippen LogP contribution in [-0.2, 0) is 6.54 Å². The largest absolute Gasteiger partial charge is 0.362 e. The number of rotatable bonds is 5. The molecule has 1 aromatic heterocycles. The van der Waals surface area contributed by atoms with E-state index in [4.69, 9.17) is 0 Å². The molecule has 6 heteroatoms. The van der Waals surface area contributed by atoms with Crippen LogP contribution in [0.3, 0.4) is 0 Å². The lowest BCUT2D eigenvalue weighted by Gasteiger charge is -2.18. The van der Waals surface area contributed by atoms with Gasteiger partial charge in [-0.3, -0.25) is 0 Å². The maximum Gasteiger partial charge on any atom is 0.315 e. The predicted molar refractivity (Wildman–Crippen MR) is 88.8 cm³/mol. The van der Waals surface area contributed by atoms with Crippen molar-refractivity contribution in [3.8, 4) is 0 Å². The quantitative estimate of drug-likeness (QED) is 0.892. The van der Waals surface area contributed by atoms with Crippen LogP contribution in [0.15, 0.2) is 42.6 Å². The maximum atomic E-state index is 12.9. The minimum Gasteiger partial charge on any atom is -0.362 e. The summed E-state index contributed by atoms with van der Waals surface area (Å²) in [6, 6.07) is 9.34. The molecule has 2 rings (SSSR count). The Balaban J connectivity index is 1.91. The van der Waals surface area contributed by atoms with E-state index in [0.29, 0.717) is 6.54 Å². The van der Waals surface area contributed by atoms with Crippen LogP contribution in [0.4, 0.5) is 15.0 Å². The van der Waals surface area contributed by atoms with Crippen molar-refractivity contribution >= 4 is 11.8 Å². The lowest BCUT2D eigenvalue weighted by Crippen LogP contribution is -2.36. The minimum absolute atomic E-state index is 0.210. The number of urea groups is 1. The molecular weight excluding hydrogens is 295 g/mol. The summed E-state index contributed by atoms with van der Waals surface area (Å²) >= 11 is 0. The van der Waals surface area contributed by atoms with Gasteiger partial charge < -0.3 is 15.5 Å². The monoisotopic (exact) mass is 316 g/mol. The van der Waals surface area contributed by atoms with Crippen LogP contribution in [0, 0.1) is 5.82 Å². The van der Waals surface area contributed by atoms with Crippen molar-refractivity contribution in [1.82, 2.24) is 15.6 Å². The second-order valence-corrected chi connectivity index (χ2v) is 5.48. The van der Waals surface area contributed by atoms with Gasteiger partial charge >= 0.3 is 6.03 Å². The normalized spacial score (nSPS) is 11.7. The van der Waals surface area contributed by atoms with Crippen LogP contribution in [0.25, 0.3) is 0 Å². The van der Waals surface area contributed by atoms with Crippen molar-refractivity contribution in [3.63, 3.8) is 0 Å². The number of anilines is 1. The van der Waals surface area contributed by atoms with E-state index >= 15 is 0 Å². The van der Waals surface area contributed by atoms with E-state index in [0.717, 1.165) is 16.9 Å². The fraction of sp³-hybridized carbons (Fsp3) is 0.294. The van der Waals surface area contributed by atoms with E-state index in [1.807, 2.05) is 38.1 Å². The van der Waals surface area contributed by atoms with Crippen molar-refractivity contribution in [2.45, 2.75) is 19.5 Å². The van der Waals surface area contributed by atoms with Gasteiger partial charge in [0.25, 0.3) is 0 Å². The topological polar surface area (TPSA) is 57.3 Å². The van der Waals surface area contributed by atoms with Crippen molar-refractivity contribution in [3.05, 3.63) is 59.5 Å². The molecule has 0 saturated heterocycles. The van der Waals surface area contributed by atoms with E-state index in [-0.39, 0.29) is 17.9 Å². The van der Waals surface area contributed by atoms with Gasteiger partial charge in [-0.05, 0) is 30.7 Å². The molecule has 0 aliphatic heterocycles. The highest BCUT2D eigenvalue weighted by Gasteiger charge is 2.11. The van der Waals surface area contributed by atoms with E-state index in [1.54, 1.807) is 18.3 Å². The third-order valence-electron chi connectivity index (χ3n) is 3.45. The number of halogens is 1. The zero-order valence-corrected chi connectivity index (χ0v) is 13.5. The van der Waals surface area contributed by atoms with E-state index in [9.17, 15) is 9.18 Å². The van der Waals surface area contributed by atoms with Gasteiger partial charge in [0, 0.05) is 32.4 Å². The number of amides is 2. The molecule has 2 aromatic rings. The van der Waals surface area contributed by atoms with Crippen LogP contribution < -0.4 is 15.5 Å². The molecule has 0 fully saturated rings. The van der Waals surface area contributed by atoms with Gasteiger partial charge in [-0.15, -0.1) is 0 Å². The summed E-state index contributed by atoms with van der Waals surface area (Å²) < 4.78 is 12.9. The Bertz CT molecular complexity index is 658. The molecule has 2 amide bonds. The Morgan fingerprint density at radius 1 is 1.26 bits per heavy atom. The summed E-state index contributed by atoms with van der Waals surface area (Å²) in [6.45, 7) is 2.23. The second-order valence-electron chi connectivity index (χ2n) is 5.48. The molecular formula is C17H21FN4O. The molecule has 1 heterocycles. The van der Waals surface area contributed by atoms with Crippen molar-refractivity contribution in [2.75, 3.05) is 19.0 Å². The summed E-state index contributed by atoms with van der Waals surface area (Å²) in [7, 11) is 3.81. The summed E-state index contributed by atoms with van der Waals surface area (Å²) in [5, 5.41) is 5.64. The summed E-state index contributed by atoms with van der Waals surface area (Å²) in [5.41, 5.74) is 1.78. The second kappa shape index (κ2) is 7.58. The predicted octanol–water partition coefficient (Wildman–Crippen LogP) is 2.85. The van der Waals surface area contributed by atoms with Crippen molar-refractivity contribution < 1.29 is 9.18 Å². The number of hydrogen-bond acceptors (Lipinski definition) is 3. The average Bonchev–Trinajstić information content (AvgIpc) is 2.53. The molecule has 122 valence electrons. The fourth-order valence-electron chi connectivity index (χ4n) is 2.23. The van der Waals surface area contributed by atoms with Gasteiger partial charge in [0.15, 0.2) is 0 Å². The first-order chi connectivity index (χ1) is 11.0. The maximum absolute atomic E-state index is 12.9. The van der Waals surface area contributed by atoms with Crippen molar-refractivity contribution in [1.29, 1.82) is 0 Å². The van der Waals surface area contributed by atoms with E-state index in [1.165, 1.54) is 12.1 Å². The number of carbonyl (C=O) groups excluding carboxylic acids is 1. The van der Waals surface area contributed by atoms with Crippen LogP contribution in [-0.4, -0.2) is 25.1 Å². The first-order valence-corrected chi connectivity index (χ1v) is 7.38. The smallest absolute Gasteiger partial charge is 0.315 e. The summed E-state index contributed by atoms with van der Waals surface area (Å²) in [5.74, 6) is 0.526. The molecule has 0 radical (unpaired) electrons. The zero-order valence-electron chi connectivity index (χ0n) is 13.5. The highest BCUT2D eigenvalue weighted by molar-refractivity contribution is 5.74. The number of carbonyl (C=O) groups is 1. The lowest BCUT2D eigenvalue weighted by atomic mass is 10.1. The Morgan fingerprint density at radius 3 is 2.61 bits per heavy atom. The average molecular weight is 316 g/mol. The van der Waals surface area contributed by atoms with Gasteiger partial charge in [0.2, 0.25) is 0 Å². The molecule has 0 unspecified atom stereocenters. The molecule has 0 spiro atoms. The summed E-state index contributed by atoms with van der Waals surface area (Å²) in [4.78, 5) is 18.2. The highest BCUT2D eigenvalue weighted by atomic mass is 19.1. The first-order valence-electron chi connectivity index (χ1n) is 7.38. The van der Waals surface area contributed by atoms with E-state index in [2.05, 4.69) is 15.6 Å². The fourth-order valence-corrected chi connectivity index (χ4v) is 2.23. The number of benzene rings is 1. The van der Waals surface area contributed by atoms with Crippen LogP contribution in [0.1, 0.15) is 24.1 Å². The van der Waals surface area contributed by atoms with Gasteiger partial charge in [0.1, 0.15) is 11.6 Å². The molecule has 0 aliphatic rings. The Labute approximate surface area is 135 Å². The molecule has 2 N–H and O–H groups in total. The van der Waals surface area contributed by atoms with Crippen LogP contribution in [0.5, 0.6) is 0 Å². The van der Waals surface area contributed by atoms with Gasteiger partial charge in [-0.25, -0.2) is 14.2 Å². The molecule has 0 aliphatic carbocycles. The number of pyridine rings is 1. The van der Waals surface area contributed by atoms with Gasteiger partial charge in [-0.2, -0.15) is 0 Å². The number of aromatic nitrogens is 1. The SMILES string of the molecule is C[C@@H](NC(=O)NCc1cccnc1N(C)C)c1ccc(F)cc1. The van der Waals surface area contributed by atoms with Crippen LogP contribution in [0.2, 0.25) is 0 Å². The molecule has 0 bridgehead atoms. The highest BCUT2D eigenvalue weighted by Crippen LogP contribution is 2.15. The Hall–Kier alpha value is -2.63. The third kappa shape index (κ3) is 4.67. The van der Waals surface area contributed by atoms with Gasteiger partial charge in [-0.1, -0.05) is 18.2 Å². The number of nitrogens with one attached hydrogen (secondary N) is 2. The molecule has 5 nitrogen and oxygen atoms in total. The third-order valence-corrected chi connectivity index (χ3v) is 3.45. The molecule has 1 atom stereocenters. The first kappa shape index (κ1) is 16.7. The zero-order chi connectivity index (χ0) is 16.8. The Kier molecular flexibility index (Phi) is 5.51. The Morgan fingerprint density at radius 2 is 1.96 bits per heavy atom. The summed E-state index contributed by atoms with van der Waals surface area (Å²) in [6.07, 6.45) is 1.72. The standard InChI is InChI=1S/C17H21FN4O/c1-12(13-6-8-15(18)9-7-13)21-17(23)20-11-14-5-4-10-19-16(14)22(2)3/h4-10,12H,11H2,1-3H3,(H2,20,21,23)/t12-/m1/s1. The lowest BCUT2D eigenvalue weighted by molar-refractivity contribution is 0.237. The van der Waals surface area contributed by atoms with Crippen molar-refractivity contribution in [2.24, 2.45) is 0 Å². The molecule has 1 aromatic carbocycles. The molecule has 23 heavy (non-hydrogen) atoms. The van der Waals surface area contributed by atoms with Crippen LogP contribution >= 0.6 is 0 Å². The number of hydrogen-bond donors (Lipinski definition) is 2. The molecule has 0 saturated carbocycles. The number of nitrogens with zero attached hydrogens (tertiary/aromatic N) is 2. The van der Waals surface area contributed by atoms with E-state index < -0.39 is 0 Å². The van der Waals surface area contributed by atoms with Gasteiger partial charge in [0.05, 0.1) is 6.04 Å². The minimum atomic E-state index is -0.293.